The quantitative estimate of drug-likeness (QED) is 0.856. The van der Waals surface area contributed by atoms with Crippen molar-refractivity contribution in [2.24, 2.45) is 11.1 Å². The molecule has 0 saturated heterocycles. The van der Waals surface area contributed by atoms with Crippen LogP contribution in [0.1, 0.15) is 19.4 Å². The van der Waals surface area contributed by atoms with E-state index in [9.17, 15) is 4.79 Å². The molecule has 5 nitrogen and oxygen atoms in total. The van der Waals surface area contributed by atoms with Crippen LogP contribution in [0, 0.1) is 16.7 Å². The molecule has 1 heterocycles. The van der Waals surface area contributed by atoms with E-state index in [2.05, 4.69) is 11.4 Å². The van der Waals surface area contributed by atoms with Gasteiger partial charge < -0.3 is 16.0 Å². The molecule has 1 amide bonds. The van der Waals surface area contributed by atoms with Crippen molar-refractivity contribution in [2.45, 2.75) is 13.8 Å². The van der Waals surface area contributed by atoms with Gasteiger partial charge in [-0.3, -0.25) is 4.79 Å². The minimum atomic E-state index is -0.160. The zero-order chi connectivity index (χ0) is 14.0. The number of amides is 1. The van der Waals surface area contributed by atoms with E-state index in [0.717, 1.165) is 11.4 Å². The molecule has 1 aromatic carbocycles. The Bertz CT molecular complexity index is 545. The zero-order valence-corrected chi connectivity index (χ0v) is 11.2. The van der Waals surface area contributed by atoms with E-state index >= 15 is 0 Å². The molecule has 100 valence electrons. The largest absolute Gasteiger partial charge is 0.374 e. The van der Waals surface area contributed by atoms with Crippen LogP contribution in [-0.2, 0) is 4.79 Å². The van der Waals surface area contributed by atoms with Gasteiger partial charge >= 0.3 is 0 Å². The molecule has 19 heavy (non-hydrogen) atoms. The van der Waals surface area contributed by atoms with E-state index in [1.807, 2.05) is 19.9 Å². The average molecular weight is 258 g/mol. The molecule has 0 spiro atoms. The lowest BCUT2D eigenvalue weighted by Crippen LogP contribution is -2.46. The number of carbonyl (C=O) groups is 1. The summed E-state index contributed by atoms with van der Waals surface area (Å²) in [4.78, 5) is 13.8. The van der Waals surface area contributed by atoms with Crippen molar-refractivity contribution in [2.75, 3.05) is 29.9 Å². The molecule has 0 aliphatic carbocycles. The molecule has 0 bridgehead atoms. The van der Waals surface area contributed by atoms with E-state index in [-0.39, 0.29) is 17.9 Å². The topological polar surface area (TPSA) is 82.2 Å². The number of fused-ring (bicyclic) bond motifs is 1. The number of nitrogens with zero attached hydrogens (tertiary/aromatic N) is 2. The van der Waals surface area contributed by atoms with Gasteiger partial charge in [0.1, 0.15) is 0 Å². The van der Waals surface area contributed by atoms with Crippen LogP contribution in [0.5, 0.6) is 0 Å². The lowest BCUT2D eigenvalue weighted by molar-refractivity contribution is -0.117. The van der Waals surface area contributed by atoms with Gasteiger partial charge in [0.25, 0.3) is 0 Å². The third-order valence-electron chi connectivity index (χ3n) is 3.29. The molecular formula is C14H18N4O. The summed E-state index contributed by atoms with van der Waals surface area (Å²) in [7, 11) is 0. The van der Waals surface area contributed by atoms with Gasteiger partial charge in [-0.2, -0.15) is 5.26 Å². The summed E-state index contributed by atoms with van der Waals surface area (Å²) in [6.45, 7) is 5.37. The Morgan fingerprint density at radius 1 is 1.53 bits per heavy atom. The summed E-state index contributed by atoms with van der Waals surface area (Å²) in [5.41, 5.74) is 7.77. The number of hydrogen-bond donors (Lipinski definition) is 2. The number of nitriles is 1. The highest BCUT2D eigenvalue weighted by molar-refractivity contribution is 6.02. The second-order valence-electron chi connectivity index (χ2n) is 5.55. The first kappa shape index (κ1) is 13.4. The number of nitrogens with one attached hydrogen (secondary N) is 1. The van der Waals surface area contributed by atoms with Gasteiger partial charge in [0, 0.05) is 6.54 Å². The third-order valence-corrected chi connectivity index (χ3v) is 3.29. The second kappa shape index (κ2) is 4.90. The molecule has 0 fully saturated rings. The van der Waals surface area contributed by atoms with Crippen molar-refractivity contribution in [3.8, 4) is 6.07 Å². The molecule has 5 heteroatoms. The summed E-state index contributed by atoms with van der Waals surface area (Å²) in [5, 5.41) is 12.0. The molecule has 1 aliphatic heterocycles. The van der Waals surface area contributed by atoms with Crippen molar-refractivity contribution >= 4 is 17.3 Å². The Kier molecular flexibility index (Phi) is 3.45. The Morgan fingerprint density at radius 2 is 2.26 bits per heavy atom. The third kappa shape index (κ3) is 2.69. The maximum Gasteiger partial charge on any atom is 0.246 e. The van der Waals surface area contributed by atoms with Crippen LogP contribution in [0.25, 0.3) is 0 Å². The van der Waals surface area contributed by atoms with Gasteiger partial charge in [-0.15, -0.1) is 0 Å². The van der Waals surface area contributed by atoms with Crippen molar-refractivity contribution in [3.63, 3.8) is 0 Å². The number of hydrogen-bond acceptors (Lipinski definition) is 4. The molecule has 0 atom stereocenters. The monoisotopic (exact) mass is 258 g/mol. The lowest BCUT2D eigenvalue weighted by atomic mass is 9.92. The van der Waals surface area contributed by atoms with Crippen LogP contribution in [0.3, 0.4) is 0 Å². The smallest absolute Gasteiger partial charge is 0.246 e. The van der Waals surface area contributed by atoms with E-state index in [1.54, 1.807) is 17.0 Å². The normalized spacial score (nSPS) is 14.6. The van der Waals surface area contributed by atoms with Crippen LogP contribution in [0.15, 0.2) is 18.2 Å². The maximum absolute atomic E-state index is 12.1. The van der Waals surface area contributed by atoms with Crippen molar-refractivity contribution in [3.05, 3.63) is 23.8 Å². The molecule has 1 aliphatic rings. The van der Waals surface area contributed by atoms with Crippen LogP contribution < -0.4 is 16.0 Å². The highest BCUT2D eigenvalue weighted by Gasteiger charge is 2.29. The Morgan fingerprint density at radius 3 is 2.89 bits per heavy atom. The fourth-order valence-electron chi connectivity index (χ4n) is 2.04. The van der Waals surface area contributed by atoms with Gasteiger partial charge in [-0.05, 0) is 30.2 Å². The van der Waals surface area contributed by atoms with Gasteiger partial charge in [0.2, 0.25) is 5.91 Å². The number of benzene rings is 1. The van der Waals surface area contributed by atoms with E-state index in [1.165, 1.54) is 0 Å². The number of rotatable bonds is 3. The maximum atomic E-state index is 12.1. The lowest BCUT2D eigenvalue weighted by Gasteiger charge is -2.36. The van der Waals surface area contributed by atoms with Gasteiger partial charge in [0.05, 0.1) is 29.6 Å². The highest BCUT2D eigenvalue weighted by atomic mass is 16.2. The highest BCUT2D eigenvalue weighted by Crippen LogP contribution is 2.32. The second-order valence-corrected chi connectivity index (χ2v) is 5.55. The molecule has 0 aromatic heterocycles. The number of carbonyl (C=O) groups excluding carboxylic acids is 1. The molecule has 2 rings (SSSR count). The minimum Gasteiger partial charge on any atom is -0.374 e. The van der Waals surface area contributed by atoms with Gasteiger partial charge in [0.15, 0.2) is 0 Å². The first-order valence-corrected chi connectivity index (χ1v) is 6.25. The molecule has 0 saturated carbocycles. The molecule has 0 unspecified atom stereocenters. The van der Waals surface area contributed by atoms with Gasteiger partial charge in [-0.25, -0.2) is 0 Å². The first-order valence-electron chi connectivity index (χ1n) is 6.25. The fourth-order valence-corrected chi connectivity index (χ4v) is 2.04. The van der Waals surface area contributed by atoms with Gasteiger partial charge in [-0.1, -0.05) is 13.8 Å². The number of anilines is 2. The van der Waals surface area contributed by atoms with Crippen LogP contribution in [0.4, 0.5) is 11.4 Å². The summed E-state index contributed by atoms with van der Waals surface area (Å²) in [6, 6.07) is 7.42. The summed E-state index contributed by atoms with van der Waals surface area (Å²) in [6.07, 6.45) is 0. The van der Waals surface area contributed by atoms with E-state index in [4.69, 9.17) is 11.0 Å². The predicted molar refractivity (Wildman–Crippen MR) is 74.8 cm³/mol. The minimum absolute atomic E-state index is 0.00381. The van der Waals surface area contributed by atoms with E-state index < -0.39 is 0 Å². The standard InChI is InChI=1S/C14H18N4O/c1-14(2,8-16)9-18-12-5-10(6-15)3-4-11(12)17-7-13(18)19/h3-5,17H,7-9,16H2,1-2H3. The molecule has 0 radical (unpaired) electrons. The number of nitrogens with two attached hydrogens (primary N) is 1. The fraction of sp³-hybridized carbons (Fsp3) is 0.429. The van der Waals surface area contributed by atoms with Crippen LogP contribution in [0.2, 0.25) is 0 Å². The molecule has 3 N–H and O–H groups in total. The van der Waals surface area contributed by atoms with Crippen LogP contribution in [-0.4, -0.2) is 25.5 Å². The van der Waals surface area contributed by atoms with Crippen molar-refractivity contribution in [1.82, 2.24) is 0 Å². The van der Waals surface area contributed by atoms with Crippen molar-refractivity contribution < 1.29 is 4.79 Å². The first-order chi connectivity index (χ1) is 8.96. The van der Waals surface area contributed by atoms with Crippen LogP contribution >= 0.6 is 0 Å². The molecular weight excluding hydrogens is 240 g/mol. The Labute approximate surface area is 113 Å². The Balaban J connectivity index is 2.40. The SMILES string of the molecule is CC(C)(CN)CN1C(=O)CNc2ccc(C#N)cc21. The average Bonchev–Trinajstić information content (AvgIpc) is 2.41. The zero-order valence-electron chi connectivity index (χ0n) is 11.2. The summed E-state index contributed by atoms with van der Waals surface area (Å²) in [5.74, 6) is 0.00381. The predicted octanol–water partition coefficient (Wildman–Crippen LogP) is 1.30. The molecule has 1 aromatic rings. The van der Waals surface area contributed by atoms with E-state index in [0.29, 0.717) is 18.7 Å². The Hall–Kier alpha value is -2.06. The summed E-state index contributed by atoms with van der Waals surface area (Å²) >= 11 is 0. The summed E-state index contributed by atoms with van der Waals surface area (Å²) < 4.78 is 0. The van der Waals surface area contributed by atoms with Crippen molar-refractivity contribution in [1.29, 1.82) is 5.26 Å².